The Bertz CT molecular complexity index is 907. The molecule has 2 atom stereocenters. The Morgan fingerprint density at radius 2 is 1.43 bits per heavy atom. The van der Waals surface area contributed by atoms with Crippen LogP contribution < -0.4 is 4.74 Å². The normalized spacial score (nSPS) is 16.5. The molecule has 0 aliphatic heterocycles. The molecule has 0 spiro atoms. The van der Waals surface area contributed by atoms with E-state index in [9.17, 15) is 4.79 Å². The van der Waals surface area contributed by atoms with Crippen LogP contribution in [0.1, 0.15) is 110 Å². The van der Waals surface area contributed by atoms with E-state index in [1.165, 1.54) is 80.9 Å². The molecule has 0 saturated heterocycles. The van der Waals surface area contributed by atoms with Gasteiger partial charge in [0.05, 0.1) is 0 Å². The summed E-state index contributed by atoms with van der Waals surface area (Å²) < 4.78 is 5.52. The second-order valence-electron chi connectivity index (χ2n) is 10.5. The monoisotopic (exact) mass is 474 g/mol. The minimum atomic E-state index is -0.128. The highest BCUT2D eigenvalue weighted by Crippen LogP contribution is 2.36. The molecule has 0 saturated carbocycles. The Morgan fingerprint density at radius 3 is 2.06 bits per heavy atom. The van der Waals surface area contributed by atoms with Crippen molar-refractivity contribution in [3.8, 4) is 16.9 Å². The molecule has 0 N–H and O–H groups in total. The second kappa shape index (κ2) is 14.9. The SMILES string of the molecule is CCCCCCCC(=O)Oc1ccc(-c2ccc(C3=CCC(C(C)CCCCC)CC3)cc2)cc1. The van der Waals surface area contributed by atoms with Crippen LogP contribution in [0, 0.1) is 11.8 Å². The first-order valence-electron chi connectivity index (χ1n) is 14.2. The third-order valence-electron chi connectivity index (χ3n) is 7.68. The standard InChI is InChI=1S/C33H46O2/c1-4-6-8-9-11-13-33(34)35-32-24-22-31(23-25-32)30-20-18-29(19-21-30)28-16-14-27(15-17-28)26(3)12-10-7-5-2/h16,18-27H,4-15,17H2,1-3H3. The van der Waals surface area contributed by atoms with Crippen LogP contribution in [-0.4, -0.2) is 5.97 Å². The van der Waals surface area contributed by atoms with Crippen LogP contribution in [0.3, 0.4) is 0 Å². The first-order chi connectivity index (χ1) is 17.1. The Labute approximate surface area is 214 Å². The fourth-order valence-corrected chi connectivity index (χ4v) is 5.23. The molecule has 1 aliphatic carbocycles. The van der Waals surface area contributed by atoms with E-state index < -0.39 is 0 Å². The summed E-state index contributed by atoms with van der Waals surface area (Å²) in [5.41, 5.74) is 5.21. The zero-order valence-corrected chi connectivity index (χ0v) is 22.4. The minimum absolute atomic E-state index is 0.128. The predicted molar refractivity (Wildman–Crippen MR) is 150 cm³/mol. The predicted octanol–water partition coefficient (Wildman–Crippen LogP) is 10.0. The number of unbranched alkanes of at least 4 members (excludes halogenated alkanes) is 6. The minimum Gasteiger partial charge on any atom is -0.427 e. The molecule has 0 aromatic heterocycles. The van der Waals surface area contributed by atoms with Crippen molar-refractivity contribution in [2.45, 2.75) is 104 Å². The fourth-order valence-electron chi connectivity index (χ4n) is 5.23. The lowest BCUT2D eigenvalue weighted by Crippen LogP contribution is -2.14. The van der Waals surface area contributed by atoms with E-state index in [1.807, 2.05) is 24.3 Å². The fraction of sp³-hybridized carbons (Fsp3) is 0.545. The van der Waals surface area contributed by atoms with Gasteiger partial charge >= 0.3 is 5.97 Å². The van der Waals surface area contributed by atoms with Crippen LogP contribution in [-0.2, 0) is 4.79 Å². The van der Waals surface area contributed by atoms with Gasteiger partial charge in [0.25, 0.3) is 0 Å². The third kappa shape index (κ3) is 8.98. The van der Waals surface area contributed by atoms with E-state index in [0.29, 0.717) is 12.2 Å². The number of allylic oxidation sites excluding steroid dienone is 2. The number of carbonyl (C=O) groups is 1. The maximum Gasteiger partial charge on any atom is 0.311 e. The van der Waals surface area contributed by atoms with Gasteiger partial charge in [-0.05, 0) is 71.9 Å². The number of carbonyl (C=O) groups excluding carboxylic acids is 1. The molecule has 2 unspecified atom stereocenters. The second-order valence-corrected chi connectivity index (χ2v) is 10.5. The van der Waals surface area contributed by atoms with Crippen LogP contribution in [0.4, 0.5) is 0 Å². The average molecular weight is 475 g/mol. The molecule has 1 aliphatic rings. The molecule has 0 fully saturated rings. The average Bonchev–Trinajstić information content (AvgIpc) is 2.89. The van der Waals surface area contributed by atoms with Crippen molar-refractivity contribution < 1.29 is 9.53 Å². The molecular weight excluding hydrogens is 428 g/mol. The van der Waals surface area contributed by atoms with Crippen molar-refractivity contribution in [1.82, 2.24) is 0 Å². The van der Waals surface area contributed by atoms with Gasteiger partial charge in [-0.3, -0.25) is 4.79 Å². The van der Waals surface area contributed by atoms with E-state index in [4.69, 9.17) is 4.74 Å². The van der Waals surface area contributed by atoms with Gasteiger partial charge in [-0.1, -0.05) is 115 Å². The molecule has 2 nitrogen and oxygen atoms in total. The highest BCUT2D eigenvalue weighted by molar-refractivity contribution is 5.74. The molecule has 190 valence electrons. The zero-order chi connectivity index (χ0) is 24.9. The van der Waals surface area contributed by atoms with E-state index in [2.05, 4.69) is 51.1 Å². The largest absolute Gasteiger partial charge is 0.427 e. The van der Waals surface area contributed by atoms with E-state index in [1.54, 1.807) is 0 Å². The smallest absolute Gasteiger partial charge is 0.311 e. The number of rotatable bonds is 14. The summed E-state index contributed by atoms with van der Waals surface area (Å²) in [6, 6.07) is 16.9. The lowest BCUT2D eigenvalue weighted by atomic mass is 9.78. The lowest BCUT2D eigenvalue weighted by molar-refractivity contribution is -0.134. The van der Waals surface area contributed by atoms with Gasteiger partial charge in [0.1, 0.15) is 5.75 Å². The first-order valence-corrected chi connectivity index (χ1v) is 14.2. The molecule has 0 radical (unpaired) electrons. The number of hydrogen-bond donors (Lipinski definition) is 0. The summed E-state index contributed by atoms with van der Waals surface area (Å²) in [6.45, 7) is 6.94. The zero-order valence-electron chi connectivity index (χ0n) is 22.4. The Morgan fingerprint density at radius 1 is 0.829 bits per heavy atom. The topological polar surface area (TPSA) is 26.3 Å². The molecule has 0 amide bonds. The maximum atomic E-state index is 12.1. The van der Waals surface area contributed by atoms with E-state index in [-0.39, 0.29) is 5.97 Å². The van der Waals surface area contributed by atoms with E-state index in [0.717, 1.165) is 30.2 Å². The van der Waals surface area contributed by atoms with Crippen LogP contribution in [0.25, 0.3) is 16.7 Å². The number of esters is 1. The van der Waals surface area contributed by atoms with Gasteiger partial charge in [0, 0.05) is 6.42 Å². The Kier molecular flexibility index (Phi) is 11.6. The highest BCUT2D eigenvalue weighted by atomic mass is 16.5. The van der Waals surface area contributed by atoms with Crippen molar-refractivity contribution in [3.63, 3.8) is 0 Å². The van der Waals surface area contributed by atoms with Gasteiger partial charge in [-0.2, -0.15) is 0 Å². The maximum absolute atomic E-state index is 12.1. The number of hydrogen-bond acceptors (Lipinski definition) is 2. The van der Waals surface area contributed by atoms with Crippen LogP contribution in [0.15, 0.2) is 54.6 Å². The van der Waals surface area contributed by atoms with Gasteiger partial charge in [0.15, 0.2) is 0 Å². The highest BCUT2D eigenvalue weighted by Gasteiger charge is 2.20. The van der Waals surface area contributed by atoms with E-state index >= 15 is 0 Å². The van der Waals surface area contributed by atoms with Gasteiger partial charge in [-0.25, -0.2) is 0 Å². The summed E-state index contributed by atoms with van der Waals surface area (Å²) in [4.78, 5) is 12.1. The molecule has 2 aromatic rings. The van der Waals surface area contributed by atoms with Gasteiger partial charge < -0.3 is 4.74 Å². The van der Waals surface area contributed by atoms with Crippen LogP contribution in [0.5, 0.6) is 5.75 Å². The van der Waals surface area contributed by atoms with Crippen LogP contribution >= 0.6 is 0 Å². The summed E-state index contributed by atoms with van der Waals surface area (Å²) in [7, 11) is 0. The molecule has 35 heavy (non-hydrogen) atoms. The molecule has 3 rings (SSSR count). The lowest BCUT2D eigenvalue weighted by Gasteiger charge is -2.27. The molecular formula is C33H46O2. The Hall–Kier alpha value is -2.35. The molecule has 0 bridgehead atoms. The first kappa shape index (κ1) is 27.2. The van der Waals surface area contributed by atoms with Crippen molar-refractivity contribution in [3.05, 3.63) is 60.2 Å². The Balaban J connectivity index is 1.48. The summed E-state index contributed by atoms with van der Waals surface area (Å²) >= 11 is 0. The summed E-state index contributed by atoms with van der Waals surface area (Å²) in [5.74, 6) is 2.20. The van der Waals surface area contributed by atoms with Crippen molar-refractivity contribution in [1.29, 1.82) is 0 Å². The summed E-state index contributed by atoms with van der Waals surface area (Å²) in [6.07, 6.45) is 17.9. The molecule has 0 heterocycles. The van der Waals surface area contributed by atoms with Crippen molar-refractivity contribution >= 4 is 11.5 Å². The molecule has 2 aromatic carbocycles. The quantitative estimate of drug-likeness (QED) is 0.155. The third-order valence-corrected chi connectivity index (χ3v) is 7.68. The number of ether oxygens (including phenoxy) is 1. The van der Waals surface area contributed by atoms with Gasteiger partial charge in [0.2, 0.25) is 0 Å². The van der Waals surface area contributed by atoms with Crippen molar-refractivity contribution in [2.24, 2.45) is 11.8 Å². The van der Waals surface area contributed by atoms with Crippen LogP contribution in [0.2, 0.25) is 0 Å². The van der Waals surface area contributed by atoms with Gasteiger partial charge in [-0.15, -0.1) is 0 Å². The number of benzene rings is 2. The summed E-state index contributed by atoms with van der Waals surface area (Å²) in [5, 5.41) is 0. The molecule has 2 heteroatoms. The van der Waals surface area contributed by atoms with Crippen molar-refractivity contribution in [2.75, 3.05) is 0 Å².